The van der Waals surface area contributed by atoms with Crippen LogP contribution < -0.4 is 5.32 Å². The van der Waals surface area contributed by atoms with E-state index in [9.17, 15) is 18.7 Å². The first-order valence-electron chi connectivity index (χ1n) is 8.49. The molecule has 4 nitrogen and oxygen atoms in total. The first-order chi connectivity index (χ1) is 11.4. The van der Waals surface area contributed by atoms with Crippen molar-refractivity contribution in [1.29, 1.82) is 0 Å². The van der Waals surface area contributed by atoms with Crippen LogP contribution in [-0.2, 0) is 15.1 Å². The summed E-state index contributed by atoms with van der Waals surface area (Å²) in [6, 6.07) is 8.32. The maximum Gasteiger partial charge on any atom is 0.343 e. The van der Waals surface area contributed by atoms with Crippen LogP contribution in [0.3, 0.4) is 0 Å². The van der Waals surface area contributed by atoms with E-state index < -0.39 is 29.8 Å². The van der Waals surface area contributed by atoms with Gasteiger partial charge in [0.1, 0.15) is 6.10 Å². The van der Waals surface area contributed by atoms with Crippen molar-refractivity contribution in [2.24, 2.45) is 5.92 Å². The van der Waals surface area contributed by atoms with E-state index in [0.717, 1.165) is 13.1 Å². The smallest absolute Gasteiger partial charge is 0.343 e. The van der Waals surface area contributed by atoms with Gasteiger partial charge in [-0.2, -0.15) is 0 Å². The molecule has 0 radical (unpaired) electrons. The summed E-state index contributed by atoms with van der Waals surface area (Å²) >= 11 is 0. The van der Waals surface area contributed by atoms with Gasteiger partial charge in [0, 0.05) is 18.8 Å². The predicted molar refractivity (Wildman–Crippen MR) is 84.6 cm³/mol. The first kappa shape index (κ1) is 17.3. The number of rotatable bonds is 4. The molecule has 24 heavy (non-hydrogen) atoms. The van der Waals surface area contributed by atoms with Crippen molar-refractivity contribution in [3.8, 4) is 0 Å². The number of ether oxygens (including phenoxy) is 1. The number of alkyl halides is 2. The topological polar surface area (TPSA) is 58.6 Å². The molecule has 1 saturated heterocycles. The second kappa shape index (κ2) is 6.76. The number of piperidine rings is 1. The second-order valence-corrected chi connectivity index (χ2v) is 6.78. The van der Waals surface area contributed by atoms with Crippen LogP contribution in [0.2, 0.25) is 0 Å². The number of benzene rings is 1. The maximum atomic E-state index is 13.7. The molecule has 2 fully saturated rings. The van der Waals surface area contributed by atoms with Gasteiger partial charge in [-0.3, -0.25) is 0 Å². The molecule has 6 heteroatoms. The van der Waals surface area contributed by atoms with E-state index in [4.69, 9.17) is 4.74 Å². The van der Waals surface area contributed by atoms with Gasteiger partial charge in [-0.1, -0.05) is 30.3 Å². The Morgan fingerprint density at radius 1 is 1.21 bits per heavy atom. The maximum absolute atomic E-state index is 13.7. The Balaban J connectivity index is 1.85. The van der Waals surface area contributed by atoms with E-state index >= 15 is 0 Å². The van der Waals surface area contributed by atoms with Gasteiger partial charge in [-0.05, 0) is 37.9 Å². The number of carbonyl (C=O) groups excluding carboxylic acids is 1. The fourth-order valence-electron chi connectivity index (χ4n) is 3.67. The zero-order valence-corrected chi connectivity index (χ0v) is 13.5. The number of aliphatic hydroxyl groups is 1. The van der Waals surface area contributed by atoms with Crippen molar-refractivity contribution in [2.75, 3.05) is 13.1 Å². The summed E-state index contributed by atoms with van der Waals surface area (Å²) in [4.78, 5) is 12.8. The Morgan fingerprint density at radius 3 is 2.46 bits per heavy atom. The van der Waals surface area contributed by atoms with Crippen molar-refractivity contribution >= 4 is 5.97 Å². The van der Waals surface area contributed by atoms with E-state index in [1.54, 1.807) is 30.3 Å². The fraction of sp³-hybridized carbons (Fsp3) is 0.611. The quantitative estimate of drug-likeness (QED) is 0.828. The predicted octanol–water partition coefficient (Wildman–Crippen LogP) is 2.60. The minimum Gasteiger partial charge on any atom is -0.460 e. The summed E-state index contributed by atoms with van der Waals surface area (Å²) in [5.41, 5.74) is -1.70. The Hall–Kier alpha value is -1.53. The lowest BCUT2D eigenvalue weighted by molar-refractivity contribution is -0.181. The lowest BCUT2D eigenvalue weighted by Gasteiger charge is -2.34. The van der Waals surface area contributed by atoms with E-state index in [1.165, 1.54) is 0 Å². The molecule has 1 heterocycles. The van der Waals surface area contributed by atoms with Crippen LogP contribution in [0.5, 0.6) is 0 Å². The highest BCUT2D eigenvalue weighted by atomic mass is 19.3. The summed E-state index contributed by atoms with van der Waals surface area (Å²) in [5, 5.41) is 14.4. The van der Waals surface area contributed by atoms with E-state index in [-0.39, 0.29) is 18.9 Å². The number of nitrogens with one attached hydrogen (secondary N) is 1. The van der Waals surface area contributed by atoms with E-state index in [2.05, 4.69) is 5.32 Å². The van der Waals surface area contributed by atoms with Gasteiger partial charge in [0.05, 0.1) is 0 Å². The Labute approximate surface area is 140 Å². The third-order valence-electron chi connectivity index (χ3n) is 5.08. The van der Waals surface area contributed by atoms with Gasteiger partial charge < -0.3 is 15.2 Å². The lowest BCUT2D eigenvalue weighted by Crippen LogP contribution is -2.46. The van der Waals surface area contributed by atoms with Crippen LogP contribution in [0.4, 0.5) is 8.78 Å². The van der Waals surface area contributed by atoms with Crippen molar-refractivity contribution in [3.63, 3.8) is 0 Å². The standard InChI is InChI=1S/C18H23F2NO3/c19-17(20)9-6-14(12-17)18(23,13-4-2-1-3-5-13)16(22)24-15-7-10-21-11-8-15/h1-5,14-15,21,23H,6-12H2. The third kappa shape index (κ3) is 3.44. The van der Waals surface area contributed by atoms with Gasteiger partial charge in [0.25, 0.3) is 0 Å². The number of halogens is 2. The first-order valence-corrected chi connectivity index (χ1v) is 8.49. The summed E-state index contributed by atoms with van der Waals surface area (Å²) in [7, 11) is 0. The summed E-state index contributed by atoms with van der Waals surface area (Å²) in [5.74, 6) is -4.49. The van der Waals surface area contributed by atoms with Crippen molar-refractivity contribution < 1.29 is 23.4 Å². The zero-order valence-electron chi connectivity index (χ0n) is 13.5. The highest BCUT2D eigenvalue weighted by molar-refractivity contribution is 5.81. The van der Waals surface area contributed by atoms with Crippen LogP contribution in [-0.4, -0.2) is 36.2 Å². The molecule has 0 bridgehead atoms. The van der Waals surface area contributed by atoms with Crippen LogP contribution in [0.25, 0.3) is 0 Å². The number of carbonyl (C=O) groups is 1. The van der Waals surface area contributed by atoms with Gasteiger partial charge in [0.2, 0.25) is 5.92 Å². The fourth-order valence-corrected chi connectivity index (χ4v) is 3.67. The molecular formula is C18H23F2NO3. The molecule has 1 aliphatic heterocycles. The van der Waals surface area contributed by atoms with Crippen LogP contribution in [0.15, 0.2) is 30.3 Å². The molecule has 1 aromatic rings. The van der Waals surface area contributed by atoms with Crippen LogP contribution in [0.1, 0.15) is 37.7 Å². The highest BCUT2D eigenvalue weighted by Crippen LogP contribution is 2.48. The molecule has 0 amide bonds. The van der Waals surface area contributed by atoms with Gasteiger partial charge >= 0.3 is 5.97 Å². The monoisotopic (exact) mass is 339 g/mol. The number of hydrogen-bond donors (Lipinski definition) is 2. The lowest BCUT2D eigenvalue weighted by atomic mass is 9.80. The second-order valence-electron chi connectivity index (χ2n) is 6.78. The van der Waals surface area contributed by atoms with Crippen molar-refractivity contribution in [3.05, 3.63) is 35.9 Å². The molecular weight excluding hydrogens is 316 g/mol. The molecule has 2 unspecified atom stereocenters. The van der Waals surface area contributed by atoms with Gasteiger partial charge in [-0.15, -0.1) is 0 Å². The summed E-state index contributed by atoms with van der Waals surface area (Å²) < 4.78 is 32.9. The molecule has 1 saturated carbocycles. The molecule has 0 spiro atoms. The van der Waals surface area contributed by atoms with E-state index in [0.29, 0.717) is 18.4 Å². The van der Waals surface area contributed by atoms with Crippen LogP contribution >= 0.6 is 0 Å². The Bertz CT molecular complexity index is 575. The largest absolute Gasteiger partial charge is 0.460 e. The Morgan fingerprint density at radius 2 is 1.88 bits per heavy atom. The Kier molecular flexibility index (Phi) is 4.88. The number of hydrogen-bond acceptors (Lipinski definition) is 4. The van der Waals surface area contributed by atoms with Crippen molar-refractivity contribution in [2.45, 2.75) is 49.7 Å². The van der Waals surface area contributed by atoms with Gasteiger partial charge in [-0.25, -0.2) is 13.6 Å². The van der Waals surface area contributed by atoms with Gasteiger partial charge in [0.15, 0.2) is 5.60 Å². The summed E-state index contributed by atoms with van der Waals surface area (Å²) in [6.07, 6.45) is 0.331. The number of esters is 1. The molecule has 2 atom stereocenters. The molecule has 132 valence electrons. The molecule has 1 aliphatic carbocycles. The van der Waals surface area contributed by atoms with Crippen LogP contribution in [0, 0.1) is 5.92 Å². The molecule has 2 aliphatic rings. The molecule has 0 aromatic heterocycles. The summed E-state index contributed by atoms with van der Waals surface area (Å²) in [6.45, 7) is 1.48. The minimum absolute atomic E-state index is 0.0969. The average molecular weight is 339 g/mol. The highest BCUT2D eigenvalue weighted by Gasteiger charge is 2.54. The SMILES string of the molecule is O=C(OC1CCNCC1)C(O)(c1ccccc1)C1CCC(F)(F)C1. The molecule has 2 N–H and O–H groups in total. The zero-order chi connectivity index (χ0) is 17.2. The average Bonchev–Trinajstić information content (AvgIpc) is 2.96. The minimum atomic E-state index is -2.84. The third-order valence-corrected chi connectivity index (χ3v) is 5.08. The normalized spacial score (nSPS) is 26.7. The molecule has 3 rings (SSSR count). The van der Waals surface area contributed by atoms with Crippen molar-refractivity contribution in [1.82, 2.24) is 5.32 Å². The van der Waals surface area contributed by atoms with E-state index in [1.807, 2.05) is 0 Å². The molecule has 1 aromatic carbocycles.